The molecule has 0 atom stereocenters. The summed E-state index contributed by atoms with van der Waals surface area (Å²) in [6.07, 6.45) is 0.511. The molecule has 0 aliphatic rings. The second-order valence-electron chi connectivity index (χ2n) is 6.51. The molecule has 0 saturated carbocycles. The first-order valence-corrected chi connectivity index (χ1v) is 9.52. The molecule has 0 aliphatic heterocycles. The van der Waals surface area contributed by atoms with Crippen molar-refractivity contribution in [2.45, 2.75) is 31.2 Å². The van der Waals surface area contributed by atoms with Crippen molar-refractivity contribution in [1.82, 2.24) is 9.55 Å². The van der Waals surface area contributed by atoms with Crippen LogP contribution in [0.5, 0.6) is 0 Å². The summed E-state index contributed by atoms with van der Waals surface area (Å²) in [5.74, 6) is -0.763. The Labute approximate surface area is 161 Å². The first-order valence-electron chi connectivity index (χ1n) is 8.54. The van der Waals surface area contributed by atoms with Crippen molar-refractivity contribution in [3.8, 4) is 0 Å². The van der Waals surface area contributed by atoms with Crippen LogP contribution in [0.3, 0.4) is 0 Å². The minimum atomic E-state index is -0.487. The highest BCUT2D eigenvalue weighted by Gasteiger charge is 2.14. The van der Waals surface area contributed by atoms with Crippen molar-refractivity contribution in [1.29, 1.82) is 0 Å². The maximum atomic E-state index is 13.8. The van der Waals surface area contributed by atoms with Gasteiger partial charge in [-0.05, 0) is 37.6 Å². The predicted molar refractivity (Wildman–Crippen MR) is 104 cm³/mol. The van der Waals surface area contributed by atoms with Gasteiger partial charge in [0.2, 0.25) is 0 Å². The van der Waals surface area contributed by atoms with E-state index in [2.05, 4.69) is 4.98 Å². The third kappa shape index (κ3) is 4.45. The molecule has 3 rings (SSSR count). The van der Waals surface area contributed by atoms with Crippen LogP contribution in [0.2, 0.25) is 0 Å². The molecule has 1 aromatic heterocycles. The number of hydrogen-bond donors (Lipinski definition) is 0. The summed E-state index contributed by atoms with van der Waals surface area (Å²) in [6, 6.07) is 11.4. The van der Waals surface area contributed by atoms with Crippen LogP contribution in [-0.2, 0) is 19.2 Å². The maximum Gasteiger partial charge on any atom is 0.257 e. The summed E-state index contributed by atoms with van der Waals surface area (Å²) in [6.45, 7) is 3.82. The maximum absolute atomic E-state index is 13.8. The van der Waals surface area contributed by atoms with E-state index < -0.39 is 11.6 Å². The molecule has 0 bridgehead atoms. The molecule has 0 amide bonds. The number of aryl methyl sites for hydroxylation is 2. The standard InChI is InChI=1S/C21H20F2N2OS/c1-13-5-4-6-15(9-13)10-18-14(2)24-21(25(3)20(18)26)27-12-16-11-17(22)7-8-19(16)23/h4-9,11H,10,12H2,1-3H3. The van der Waals surface area contributed by atoms with E-state index in [-0.39, 0.29) is 16.9 Å². The third-order valence-electron chi connectivity index (χ3n) is 4.38. The Morgan fingerprint density at radius 2 is 1.89 bits per heavy atom. The summed E-state index contributed by atoms with van der Waals surface area (Å²) < 4.78 is 28.6. The molecule has 2 aromatic carbocycles. The number of aromatic nitrogens is 2. The second kappa shape index (κ2) is 8.05. The number of benzene rings is 2. The Morgan fingerprint density at radius 3 is 2.63 bits per heavy atom. The highest BCUT2D eigenvalue weighted by Crippen LogP contribution is 2.23. The molecule has 0 aliphatic carbocycles. The fraction of sp³-hybridized carbons (Fsp3) is 0.238. The normalized spacial score (nSPS) is 11.0. The summed E-state index contributed by atoms with van der Waals surface area (Å²) in [4.78, 5) is 17.3. The fourth-order valence-electron chi connectivity index (χ4n) is 2.89. The lowest BCUT2D eigenvalue weighted by atomic mass is 10.0. The van der Waals surface area contributed by atoms with Crippen molar-refractivity contribution in [2.24, 2.45) is 7.05 Å². The Kier molecular flexibility index (Phi) is 5.75. The lowest BCUT2D eigenvalue weighted by Gasteiger charge is -2.12. The number of thioether (sulfide) groups is 1. The molecule has 0 radical (unpaired) electrons. The zero-order valence-electron chi connectivity index (χ0n) is 15.4. The van der Waals surface area contributed by atoms with Crippen LogP contribution in [0.1, 0.15) is 27.9 Å². The van der Waals surface area contributed by atoms with Crippen molar-refractivity contribution in [2.75, 3.05) is 0 Å². The highest BCUT2D eigenvalue weighted by atomic mass is 32.2. The summed E-state index contributed by atoms with van der Waals surface area (Å²) in [7, 11) is 1.65. The zero-order valence-corrected chi connectivity index (χ0v) is 16.2. The van der Waals surface area contributed by atoms with E-state index in [4.69, 9.17) is 0 Å². The van der Waals surface area contributed by atoms with Crippen molar-refractivity contribution < 1.29 is 8.78 Å². The second-order valence-corrected chi connectivity index (χ2v) is 7.46. The summed E-state index contributed by atoms with van der Waals surface area (Å²) in [5, 5.41) is 0.481. The molecule has 27 heavy (non-hydrogen) atoms. The van der Waals surface area contributed by atoms with Gasteiger partial charge in [-0.1, -0.05) is 41.6 Å². The van der Waals surface area contributed by atoms with Gasteiger partial charge in [0.15, 0.2) is 5.16 Å². The van der Waals surface area contributed by atoms with Gasteiger partial charge in [-0.15, -0.1) is 0 Å². The van der Waals surface area contributed by atoms with Crippen molar-refractivity contribution in [3.63, 3.8) is 0 Å². The monoisotopic (exact) mass is 386 g/mol. The first kappa shape index (κ1) is 19.3. The molecule has 0 saturated heterocycles. The van der Waals surface area contributed by atoms with Gasteiger partial charge in [-0.3, -0.25) is 9.36 Å². The molecule has 6 heteroatoms. The molecule has 0 N–H and O–H groups in total. The van der Waals surface area contributed by atoms with E-state index in [9.17, 15) is 13.6 Å². The average molecular weight is 386 g/mol. The van der Waals surface area contributed by atoms with Gasteiger partial charge in [0.25, 0.3) is 5.56 Å². The molecule has 0 unspecified atom stereocenters. The van der Waals surface area contributed by atoms with Gasteiger partial charge in [0.05, 0.1) is 0 Å². The first-order chi connectivity index (χ1) is 12.8. The summed E-state index contributed by atoms with van der Waals surface area (Å²) >= 11 is 1.21. The minimum Gasteiger partial charge on any atom is -0.291 e. The van der Waals surface area contributed by atoms with E-state index in [1.807, 2.05) is 31.2 Å². The number of halogens is 2. The van der Waals surface area contributed by atoms with Gasteiger partial charge < -0.3 is 0 Å². The Bertz CT molecular complexity index is 1050. The molecular formula is C21H20F2N2OS. The molecule has 140 valence electrons. The van der Waals surface area contributed by atoms with E-state index >= 15 is 0 Å². The average Bonchev–Trinajstić information content (AvgIpc) is 2.63. The lowest BCUT2D eigenvalue weighted by Crippen LogP contribution is -2.25. The van der Waals surface area contributed by atoms with Crippen LogP contribution in [0, 0.1) is 25.5 Å². The quantitative estimate of drug-likeness (QED) is 0.476. The zero-order chi connectivity index (χ0) is 19.6. The number of hydrogen-bond acceptors (Lipinski definition) is 3. The molecule has 0 spiro atoms. The lowest BCUT2D eigenvalue weighted by molar-refractivity contribution is 0.591. The smallest absolute Gasteiger partial charge is 0.257 e. The molecule has 3 nitrogen and oxygen atoms in total. The van der Waals surface area contributed by atoms with Crippen LogP contribution < -0.4 is 5.56 Å². The Morgan fingerprint density at radius 1 is 1.11 bits per heavy atom. The Hall–Kier alpha value is -2.47. The summed E-state index contributed by atoms with van der Waals surface area (Å²) in [5.41, 5.74) is 3.62. The molecule has 1 heterocycles. The predicted octanol–water partition coefficient (Wildman–Crippen LogP) is 4.56. The third-order valence-corrected chi connectivity index (χ3v) is 5.46. The largest absolute Gasteiger partial charge is 0.291 e. The van der Waals surface area contributed by atoms with Crippen LogP contribution >= 0.6 is 11.8 Å². The Balaban J connectivity index is 1.86. The molecular weight excluding hydrogens is 366 g/mol. The van der Waals surface area contributed by atoms with E-state index in [1.165, 1.54) is 22.4 Å². The van der Waals surface area contributed by atoms with Crippen LogP contribution in [0.25, 0.3) is 0 Å². The molecule has 3 aromatic rings. The van der Waals surface area contributed by atoms with Gasteiger partial charge in [0.1, 0.15) is 11.6 Å². The number of nitrogens with zero attached hydrogens (tertiary/aromatic N) is 2. The number of rotatable bonds is 5. The SMILES string of the molecule is Cc1cccc(Cc2c(C)nc(SCc3cc(F)ccc3F)n(C)c2=O)c1. The van der Waals surface area contributed by atoms with Crippen molar-refractivity contribution in [3.05, 3.63) is 92.4 Å². The van der Waals surface area contributed by atoms with Crippen LogP contribution in [0.15, 0.2) is 52.4 Å². The van der Waals surface area contributed by atoms with Crippen molar-refractivity contribution >= 4 is 11.8 Å². The van der Waals surface area contributed by atoms with Gasteiger partial charge in [-0.2, -0.15) is 0 Å². The van der Waals surface area contributed by atoms with E-state index in [0.717, 1.165) is 23.3 Å². The van der Waals surface area contributed by atoms with E-state index in [1.54, 1.807) is 14.0 Å². The molecule has 0 fully saturated rings. The fourth-order valence-corrected chi connectivity index (χ4v) is 3.87. The van der Waals surface area contributed by atoms with Gasteiger partial charge in [0, 0.05) is 36.0 Å². The van der Waals surface area contributed by atoms with Crippen LogP contribution in [-0.4, -0.2) is 9.55 Å². The minimum absolute atomic E-state index is 0.119. The van der Waals surface area contributed by atoms with E-state index in [0.29, 0.717) is 22.8 Å². The van der Waals surface area contributed by atoms with Gasteiger partial charge in [-0.25, -0.2) is 13.8 Å². The topological polar surface area (TPSA) is 34.9 Å². The van der Waals surface area contributed by atoms with Gasteiger partial charge >= 0.3 is 0 Å². The van der Waals surface area contributed by atoms with Crippen LogP contribution in [0.4, 0.5) is 8.78 Å². The highest BCUT2D eigenvalue weighted by molar-refractivity contribution is 7.98.